The second-order valence-corrected chi connectivity index (χ2v) is 2.51. The fourth-order valence-corrected chi connectivity index (χ4v) is 0.984. The first kappa shape index (κ1) is 6.42. The maximum absolute atomic E-state index is 10.9. The first-order chi connectivity index (χ1) is 4.13. The third kappa shape index (κ3) is 0.876. The average molecular weight is 141 g/mol. The van der Waals surface area contributed by atoms with Gasteiger partial charge in [0, 0.05) is 19.0 Å². The summed E-state index contributed by atoms with van der Waals surface area (Å²) in [6.45, 7) is 3.56. The lowest BCUT2D eigenvalue weighted by molar-refractivity contribution is -0.121. The van der Waals surface area contributed by atoms with Crippen LogP contribution in [-0.4, -0.2) is 22.8 Å². The highest BCUT2D eigenvalue weighted by Gasteiger charge is 2.25. The summed E-state index contributed by atoms with van der Waals surface area (Å²) in [7, 11) is 1.67. The molecule has 3 heteroatoms. The molecule has 2 nitrogen and oxygen atoms in total. The van der Waals surface area contributed by atoms with E-state index in [2.05, 4.69) is 6.58 Å². The zero-order valence-corrected chi connectivity index (χ0v) is 5.99. The van der Waals surface area contributed by atoms with Crippen LogP contribution in [0.3, 0.4) is 0 Å². The summed E-state index contributed by atoms with van der Waals surface area (Å²) in [5, 5.41) is 0. The Bertz CT molecular complexity index is 197. The molecule has 0 aromatic heterocycles. The molecule has 1 fully saturated rings. The van der Waals surface area contributed by atoms with E-state index in [0.29, 0.717) is 17.0 Å². The maximum atomic E-state index is 10.9. The Morgan fingerprint density at radius 3 is 2.44 bits per heavy atom. The Kier molecular flexibility index (Phi) is 1.37. The third-order valence-electron chi connectivity index (χ3n) is 1.35. The quantitative estimate of drug-likeness (QED) is 0.366. The zero-order valence-electron chi connectivity index (χ0n) is 5.18. The van der Waals surface area contributed by atoms with E-state index in [-0.39, 0.29) is 5.91 Å². The Morgan fingerprint density at radius 2 is 2.33 bits per heavy atom. The predicted molar refractivity (Wildman–Crippen MR) is 39.1 cm³/mol. The second-order valence-electron chi connectivity index (χ2n) is 2.04. The van der Waals surface area contributed by atoms with E-state index in [1.165, 1.54) is 4.90 Å². The van der Waals surface area contributed by atoms with E-state index >= 15 is 0 Å². The second kappa shape index (κ2) is 1.92. The molecule has 0 aromatic carbocycles. The van der Waals surface area contributed by atoms with Gasteiger partial charge >= 0.3 is 0 Å². The Labute approximate surface area is 59.1 Å². The molecule has 0 aromatic rings. The van der Waals surface area contributed by atoms with E-state index in [4.69, 9.17) is 12.2 Å². The summed E-state index contributed by atoms with van der Waals surface area (Å²) in [5.74, 6) is -0.0417. The van der Waals surface area contributed by atoms with Crippen LogP contribution in [0.2, 0.25) is 0 Å². The molecule has 0 radical (unpaired) electrons. The van der Waals surface area contributed by atoms with Crippen LogP contribution >= 0.6 is 12.2 Å². The first-order valence-corrected chi connectivity index (χ1v) is 3.02. The van der Waals surface area contributed by atoms with Gasteiger partial charge in [-0.15, -0.1) is 0 Å². The standard InChI is InChI=1S/C6H7NOS/c1-4-3-5(9)7(2)6(4)8/h1,3H2,2H3. The van der Waals surface area contributed by atoms with Crippen molar-refractivity contribution in [2.24, 2.45) is 0 Å². The summed E-state index contributed by atoms with van der Waals surface area (Å²) in [5.41, 5.74) is 0.600. The Balaban J connectivity index is 2.90. The van der Waals surface area contributed by atoms with Crippen LogP contribution in [0.25, 0.3) is 0 Å². The van der Waals surface area contributed by atoms with E-state index in [1.54, 1.807) is 7.05 Å². The fraction of sp³-hybridized carbons (Fsp3) is 0.333. The summed E-state index contributed by atoms with van der Waals surface area (Å²) in [6.07, 6.45) is 0.560. The van der Waals surface area contributed by atoms with E-state index < -0.39 is 0 Å². The van der Waals surface area contributed by atoms with Gasteiger partial charge in [-0.1, -0.05) is 18.8 Å². The molecular weight excluding hydrogens is 134 g/mol. The summed E-state index contributed by atoms with van der Waals surface area (Å²) < 4.78 is 0. The van der Waals surface area contributed by atoms with E-state index in [0.717, 1.165) is 0 Å². The molecule has 0 spiro atoms. The normalized spacial score (nSPS) is 19.7. The van der Waals surface area contributed by atoms with E-state index in [9.17, 15) is 4.79 Å². The number of hydrogen-bond acceptors (Lipinski definition) is 2. The number of carbonyl (C=O) groups excluding carboxylic acids is 1. The SMILES string of the molecule is C=C1CC(=S)N(C)C1=O. The van der Waals surface area contributed by atoms with Crippen LogP contribution in [0.4, 0.5) is 0 Å². The zero-order chi connectivity index (χ0) is 7.02. The molecular formula is C6H7NOS. The first-order valence-electron chi connectivity index (χ1n) is 2.61. The minimum Gasteiger partial charge on any atom is -0.306 e. The van der Waals surface area contributed by atoms with Gasteiger partial charge in [0.2, 0.25) is 0 Å². The highest BCUT2D eigenvalue weighted by molar-refractivity contribution is 7.80. The molecule has 0 bridgehead atoms. The van der Waals surface area contributed by atoms with Crippen LogP contribution in [-0.2, 0) is 4.79 Å². The van der Waals surface area contributed by atoms with Crippen molar-refractivity contribution < 1.29 is 4.79 Å². The lowest BCUT2D eigenvalue weighted by Crippen LogP contribution is -2.22. The van der Waals surface area contributed by atoms with Gasteiger partial charge in [-0.25, -0.2) is 0 Å². The van der Waals surface area contributed by atoms with Gasteiger partial charge < -0.3 is 4.90 Å². The summed E-state index contributed by atoms with van der Waals surface area (Å²) in [6, 6.07) is 0. The van der Waals surface area contributed by atoms with Crippen LogP contribution in [0.1, 0.15) is 6.42 Å². The van der Waals surface area contributed by atoms with Gasteiger partial charge in [0.05, 0.1) is 4.99 Å². The molecule has 0 saturated carbocycles. The summed E-state index contributed by atoms with van der Waals surface area (Å²) >= 11 is 4.84. The minimum atomic E-state index is -0.0417. The molecule has 9 heavy (non-hydrogen) atoms. The number of likely N-dealkylation sites (tertiary alicyclic amines) is 1. The average Bonchev–Trinajstić information content (AvgIpc) is 1.98. The highest BCUT2D eigenvalue weighted by Crippen LogP contribution is 2.15. The molecule has 1 aliphatic rings. The van der Waals surface area contributed by atoms with Crippen LogP contribution in [0.5, 0.6) is 0 Å². The van der Waals surface area contributed by atoms with Crippen LogP contribution < -0.4 is 0 Å². The van der Waals surface area contributed by atoms with Crippen molar-refractivity contribution in [3.05, 3.63) is 12.2 Å². The van der Waals surface area contributed by atoms with Gasteiger partial charge in [0.25, 0.3) is 5.91 Å². The van der Waals surface area contributed by atoms with Crippen molar-refractivity contribution in [1.82, 2.24) is 4.90 Å². The topological polar surface area (TPSA) is 20.3 Å². The van der Waals surface area contributed by atoms with Crippen molar-refractivity contribution in [1.29, 1.82) is 0 Å². The van der Waals surface area contributed by atoms with Gasteiger partial charge in [-0.2, -0.15) is 0 Å². The molecule has 0 N–H and O–H groups in total. The number of likely N-dealkylation sites (N-methyl/N-ethyl adjacent to an activating group) is 1. The molecule has 1 amide bonds. The van der Waals surface area contributed by atoms with Crippen molar-refractivity contribution in [3.8, 4) is 0 Å². The summed E-state index contributed by atoms with van der Waals surface area (Å²) in [4.78, 5) is 13.0. The highest BCUT2D eigenvalue weighted by atomic mass is 32.1. The molecule has 48 valence electrons. The van der Waals surface area contributed by atoms with Gasteiger partial charge in [-0.3, -0.25) is 4.79 Å². The van der Waals surface area contributed by atoms with Gasteiger partial charge in [-0.05, 0) is 0 Å². The predicted octanol–water partition coefficient (Wildman–Crippen LogP) is 0.732. The fourth-order valence-electron chi connectivity index (χ4n) is 0.727. The van der Waals surface area contributed by atoms with Crippen LogP contribution in [0, 0.1) is 0 Å². The van der Waals surface area contributed by atoms with Crippen LogP contribution in [0.15, 0.2) is 12.2 Å². The monoisotopic (exact) mass is 141 g/mol. The largest absolute Gasteiger partial charge is 0.306 e. The van der Waals surface area contributed by atoms with Gasteiger partial charge in [0.15, 0.2) is 0 Å². The smallest absolute Gasteiger partial charge is 0.254 e. The maximum Gasteiger partial charge on any atom is 0.254 e. The number of carbonyl (C=O) groups is 1. The van der Waals surface area contributed by atoms with E-state index in [1.807, 2.05) is 0 Å². The van der Waals surface area contributed by atoms with Crippen molar-refractivity contribution in [2.45, 2.75) is 6.42 Å². The van der Waals surface area contributed by atoms with Crippen molar-refractivity contribution >= 4 is 23.1 Å². The lowest BCUT2D eigenvalue weighted by Gasteiger charge is -2.04. The number of nitrogens with zero attached hydrogens (tertiary/aromatic N) is 1. The number of amides is 1. The van der Waals surface area contributed by atoms with Crippen molar-refractivity contribution in [2.75, 3.05) is 7.05 Å². The number of rotatable bonds is 0. The molecule has 1 rings (SSSR count). The number of thiocarbonyl (C=S) groups is 1. The molecule has 0 aliphatic carbocycles. The van der Waals surface area contributed by atoms with Gasteiger partial charge in [0.1, 0.15) is 0 Å². The molecule has 1 heterocycles. The lowest BCUT2D eigenvalue weighted by atomic mass is 10.3. The van der Waals surface area contributed by atoms with Crippen molar-refractivity contribution in [3.63, 3.8) is 0 Å². The Morgan fingerprint density at radius 1 is 1.78 bits per heavy atom. The number of hydrogen-bond donors (Lipinski definition) is 0. The molecule has 1 saturated heterocycles. The third-order valence-corrected chi connectivity index (χ3v) is 1.76. The Hall–Kier alpha value is -0.700. The molecule has 0 unspecified atom stereocenters. The molecule has 0 atom stereocenters. The minimum absolute atomic E-state index is 0.0417. The molecule has 1 aliphatic heterocycles.